The van der Waals surface area contributed by atoms with Crippen LogP contribution in [0, 0.1) is 5.92 Å². The van der Waals surface area contributed by atoms with Gasteiger partial charge in [0.2, 0.25) is 0 Å². The quantitative estimate of drug-likeness (QED) is 0.632. The monoisotopic (exact) mass is 334 g/mol. The van der Waals surface area contributed by atoms with Crippen LogP contribution in [-0.2, 0) is 4.79 Å². The summed E-state index contributed by atoms with van der Waals surface area (Å²) in [6.07, 6.45) is 12.2. The lowest BCUT2D eigenvalue weighted by Gasteiger charge is -2.24. The third kappa shape index (κ3) is 1.62. The van der Waals surface area contributed by atoms with Crippen LogP contribution in [0.15, 0.2) is 54.6 Å². The molecule has 1 unspecified atom stereocenters. The highest BCUT2D eigenvalue weighted by Crippen LogP contribution is 2.33. The van der Waals surface area contributed by atoms with Crippen LogP contribution in [-0.4, -0.2) is 11.6 Å². The van der Waals surface area contributed by atoms with Gasteiger partial charge in [-0.1, -0.05) is 54.6 Å². The number of fused-ring (bicyclic) bond motifs is 3. The van der Waals surface area contributed by atoms with Crippen molar-refractivity contribution in [2.75, 3.05) is 0 Å². The summed E-state index contributed by atoms with van der Waals surface area (Å²) < 4.78 is 0. The van der Waals surface area contributed by atoms with Crippen molar-refractivity contribution in [2.24, 2.45) is 5.92 Å². The Hall–Kier alpha value is -3.26. The van der Waals surface area contributed by atoms with Crippen LogP contribution >= 0.6 is 0 Å². The van der Waals surface area contributed by atoms with Gasteiger partial charge in [-0.2, -0.15) is 0 Å². The van der Waals surface area contributed by atoms with Crippen molar-refractivity contribution in [3.63, 3.8) is 0 Å². The highest BCUT2D eigenvalue weighted by molar-refractivity contribution is 6.24. The van der Waals surface area contributed by atoms with Gasteiger partial charge in [0, 0.05) is 17.4 Å². The first kappa shape index (κ1) is 14.0. The van der Waals surface area contributed by atoms with E-state index < -0.39 is 0 Å². The molecular weight excluding hydrogens is 320 g/mol. The van der Waals surface area contributed by atoms with E-state index in [9.17, 15) is 9.59 Å². The van der Waals surface area contributed by atoms with Gasteiger partial charge in [-0.15, -0.1) is 0 Å². The van der Waals surface area contributed by atoms with Crippen molar-refractivity contribution in [3.05, 3.63) is 75.9 Å². The minimum Gasteiger partial charge on any atom is -0.294 e. The summed E-state index contributed by atoms with van der Waals surface area (Å²) in [6, 6.07) is 10.3. The fraction of sp³-hybridized carbons (Fsp3) is 0.0833. The number of Topliss-reactive ketones (excluding diaryl/α,β-unsaturated/α-hetero) is 2. The highest BCUT2D eigenvalue weighted by atomic mass is 16.1. The zero-order valence-corrected chi connectivity index (χ0v) is 14.0. The molecule has 1 atom stereocenters. The fourth-order valence-corrected chi connectivity index (χ4v) is 4.69. The second-order valence-corrected chi connectivity index (χ2v) is 7.19. The Balaban J connectivity index is 1.93. The summed E-state index contributed by atoms with van der Waals surface area (Å²) >= 11 is 0. The number of hydrogen-bond donors (Lipinski definition) is 0. The molecule has 3 aromatic rings. The summed E-state index contributed by atoms with van der Waals surface area (Å²) in [5.74, 6) is 0.133. The number of carbonyl (C=O) groups excluding carboxylic acids is 2. The summed E-state index contributed by atoms with van der Waals surface area (Å²) in [5.41, 5.74) is 1.89. The van der Waals surface area contributed by atoms with Crippen molar-refractivity contribution in [2.45, 2.75) is 6.42 Å². The van der Waals surface area contributed by atoms with Gasteiger partial charge >= 0.3 is 0 Å². The molecule has 0 heterocycles. The van der Waals surface area contributed by atoms with E-state index in [2.05, 4.69) is 24.3 Å². The molecule has 0 amide bonds. The number of hydrogen-bond acceptors (Lipinski definition) is 2. The van der Waals surface area contributed by atoms with Crippen LogP contribution in [0.5, 0.6) is 0 Å². The van der Waals surface area contributed by atoms with Crippen molar-refractivity contribution < 1.29 is 9.59 Å². The van der Waals surface area contributed by atoms with Gasteiger partial charge in [0.15, 0.2) is 11.6 Å². The van der Waals surface area contributed by atoms with Crippen LogP contribution in [0.25, 0.3) is 39.3 Å². The summed E-state index contributed by atoms with van der Waals surface area (Å²) in [4.78, 5) is 24.9. The van der Waals surface area contributed by atoms with E-state index in [-0.39, 0.29) is 17.5 Å². The van der Waals surface area contributed by atoms with Crippen molar-refractivity contribution in [1.29, 1.82) is 0 Å². The Labute approximate surface area is 149 Å². The first-order chi connectivity index (χ1) is 12.7. The molecule has 0 aromatic heterocycles. The highest BCUT2D eigenvalue weighted by Gasteiger charge is 2.29. The molecular formula is C24H14O2. The van der Waals surface area contributed by atoms with Gasteiger partial charge < -0.3 is 0 Å². The molecule has 0 N–H and O–H groups in total. The fourth-order valence-electron chi connectivity index (χ4n) is 4.69. The second-order valence-electron chi connectivity index (χ2n) is 7.19. The number of allylic oxidation sites excluding steroid dienone is 4. The van der Waals surface area contributed by atoms with Gasteiger partial charge in [0.05, 0.1) is 5.92 Å². The lowest BCUT2D eigenvalue weighted by atomic mass is 9.78. The van der Waals surface area contributed by atoms with Gasteiger partial charge in [-0.25, -0.2) is 0 Å². The first-order valence-electron chi connectivity index (χ1n) is 8.88. The molecule has 0 aliphatic heterocycles. The van der Waals surface area contributed by atoms with Crippen molar-refractivity contribution >= 4 is 50.8 Å². The molecule has 0 radical (unpaired) electrons. The van der Waals surface area contributed by atoms with Crippen molar-refractivity contribution in [3.8, 4) is 0 Å². The zero-order valence-electron chi connectivity index (χ0n) is 14.0. The van der Waals surface area contributed by atoms with Crippen LogP contribution in [0.4, 0.5) is 0 Å². The molecule has 3 aliphatic carbocycles. The average molecular weight is 334 g/mol. The number of rotatable bonds is 0. The molecule has 3 aliphatic rings. The van der Waals surface area contributed by atoms with Crippen LogP contribution in [0.2, 0.25) is 0 Å². The Bertz CT molecular complexity index is 1430. The minimum atomic E-state index is -0.179. The molecule has 26 heavy (non-hydrogen) atoms. The maximum atomic E-state index is 13.1. The van der Waals surface area contributed by atoms with E-state index in [0.29, 0.717) is 6.42 Å². The zero-order chi connectivity index (χ0) is 17.4. The first-order valence-corrected chi connectivity index (χ1v) is 8.88. The molecule has 2 heteroatoms. The Morgan fingerprint density at radius 2 is 1.88 bits per heavy atom. The maximum absolute atomic E-state index is 13.1. The maximum Gasteiger partial charge on any atom is 0.174 e. The van der Waals surface area contributed by atoms with E-state index in [1.165, 1.54) is 0 Å². The lowest BCUT2D eigenvalue weighted by molar-refractivity contribution is -0.112. The van der Waals surface area contributed by atoms with Gasteiger partial charge in [0.1, 0.15) is 0 Å². The van der Waals surface area contributed by atoms with E-state index in [1.54, 1.807) is 6.08 Å². The molecule has 0 fully saturated rings. The molecule has 122 valence electrons. The van der Waals surface area contributed by atoms with Crippen molar-refractivity contribution in [1.82, 2.24) is 0 Å². The summed E-state index contributed by atoms with van der Waals surface area (Å²) in [5, 5.41) is 7.65. The molecule has 0 bridgehead atoms. The SMILES string of the molecule is O=C1C=c2cc3ccc4c5c(ccc(c2=CC1)c35)=C1C=CC=CC1C4=O. The predicted octanol–water partition coefficient (Wildman–Crippen LogP) is 2.33. The largest absolute Gasteiger partial charge is 0.294 e. The van der Waals surface area contributed by atoms with Gasteiger partial charge in [0.25, 0.3) is 0 Å². The molecule has 0 saturated heterocycles. The van der Waals surface area contributed by atoms with Gasteiger partial charge in [-0.3, -0.25) is 9.59 Å². The Kier molecular flexibility index (Phi) is 2.51. The molecule has 0 spiro atoms. The standard InChI is InChI=1S/C24H14O2/c25-15-6-8-16-14(12-15)11-13-5-7-21-23-19(10-9-18(16)22(13)23)17-3-1-2-4-20(17)24(21)26/h1-5,7-12,20H,6H2. The topological polar surface area (TPSA) is 34.1 Å². The number of benzene rings is 3. The molecule has 0 saturated carbocycles. The number of carbonyl (C=O) groups is 2. The Morgan fingerprint density at radius 3 is 2.81 bits per heavy atom. The minimum absolute atomic E-state index is 0.141. The molecule has 3 aromatic carbocycles. The van der Waals surface area contributed by atoms with Crippen LogP contribution in [0.1, 0.15) is 16.8 Å². The average Bonchev–Trinajstić information content (AvgIpc) is 2.67. The van der Waals surface area contributed by atoms with E-state index in [1.807, 2.05) is 36.4 Å². The molecule has 6 rings (SSSR count). The Morgan fingerprint density at radius 1 is 0.962 bits per heavy atom. The second kappa shape index (κ2) is 4.67. The van der Waals surface area contributed by atoms with E-state index >= 15 is 0 Å². The summed E-state index contributed by atoms with van der Waals surface area (Å²) in [7, 11) is 0. The number of ketones is 2. The van der Waals surface area contributed by atoms with Gasteiger partial charge in [-0.05, 0) is 49.5 Å². The predicted molar refractivity (Wildman–Crippen MR) is 104 cm³/mol. The normalized spacial score (nSPS) is 20.2. The third-order valence-corrected chi connectivity index (χ3v) is 5.81. The van der Waals surface area contributed by atoms with E-state index in [4.69, 9.17) is 0 Å². The van der Waals surface area contributed by atoms with Crippen LogP contribution < -0.4 is 15.7 Å². The van der Waals surface area contributed by atoms with Crippen LogP contribution in [0.3, 0.4) is 0 Å². The molecule has 2 nitrogen and oxygen atoms in total. The summed E-state index contributed by atoms with van der Waals surface area (Å²) in [6.45, 7) is 0. The third-order valence-electron chi connectivity index (χ3n) is 5.81. The smallest absolute Gasteiger partial charge is 0.174 e. The lowest BCUT2D eigenvalue weighted by Crippen LogP contribution is -2.32. The van der Waals surface area contributed by atoms with E-state index in [0.717, 1.165) is 48.3 Å².